The highest BCUT2D eigenvalue weighted by Crippen LogP contribution is 2.29. The van der Waals surface area contributed by atoms with Crippen molar-refractivity contribution < 1.29 is 14.6 Å². The van der Waals surface area contributed by atoms with Crippen LogP contribution in [0.25, 0.3) is 10.1 Å². The Hall–Kier alpha value is -1.39. The number of halogens is 1. The molecule has 1 aromatic heterocycles. The second-order valence-electron chi connectivity index (χ2n) is 6.32. The zero-order valence-electron chi connectivity index (χ0n) is 16.4. The molecule has 2 rings (SSSR count). The van der Waals surface area contributed by atoms with Crippen LogP contribution in [0, 0.1) is 0 Å². The highest BCUT2D eigenvalue weighted by Gasteiger charge is 2.12. The number of rotatable bonds is 10. The van der Waals surface area contributed by atoms with E-state index in [0.29, 0.717) is 18.9 Å². The number of methoxy groups -OCH3 is 1. The first-order valence-corrected chi connectivity index (χ1v) is 10.1. The Morgan fingerprint density at radius 3 is 2.68 bits per heavy atom. The molecule has 3 N–H and O–H groups in total. The van der Waals surface area contributed by atoms with Crippen molar-refractivity contribution in [2.75, 3.05) is 27.2 Å². The number of fused-ring (bicyclic) bond motifs is 1. The van der Waals surface area contributed by atoms with Crippen LogP contribution < -0.4 is 10.6 Å². The summed E-state index contributed by atoms with van der Waals surface area (Å²) < 4.78 is 5.81. The molecule has 8 heteroatoms. The van der Waals surface area contributed by atoms with E-state index in [-0.39, 0.29) is 29.9 Å². The van der Waals surface area contributed by atoms with Crippen LogP contribution in [0.2, 0.25) is 0 Å². The number of benzene rings is 1. The molecule has 0 spiro atoms. The fraction of sp³-hybridized carbons (Fsp3) is 0.500. The summed E-state index contributed by atoms with van der Waals surface area (Å²) in [5, 5.41) is 18.0. The lowest BCUT2D eigenvalue weighted by molar-refractivity contribution is -0.140. The Morgan fingerprint density at radius 2 is 1.96 bits per heavy atom. The standard InChI is InChI=1S/C20H29N3O3S.HI/c1-21-20(22-12-8-4-3-5-11-19(25)26-2)23-14-16(24)18-13-15-9-6-7-10-17(15)27-18;/h6-7,9-10,13,16,24H,3-5,8,11-12,14H2,1-2H3,(H2,21,22,23);1H. The normalized spacial score (nSPS) is 12.3. The van der Waals surface area contributed by atoms with Gasteiger partial charge in [0.2, 0.25) is 0 Å². The number of unbranched alkanes of at least 4 members (excludes halogenated alkanes) is 3. The Balaban J connectivity index is 0.00000392. The average molecular weight is 519 g/mol. The number of thiophene rings is 1. The van der Waals surface area contributed by atoms with E-state index in [1.54, 1.807) is 18.4 Å². The van der Waals surface area contributed by atoms with Crippen LogP contribution in [-0.2, 0) is 9.53 Å². The van der Waals surface area contributed by atoms with Crippen molar-refractivity contribution >= 4 is 57.3 Å². The number of ether oxygens (including phenoxy) is 1. The van der Waals surface area contributed by atoms with Crippen molar-refractivity contribution in [2.24, 2.45) is 4.99 Å². The number of aliphatic imine (C=N–C) groups is 1. The number of nitrogens with zero attached hydrogens (tertiary/aromatic N) is 1. The van der Waals surface area contributed by atoms with Crippen LogP contribution in [0.3, 0.4) is 0 Å². The van der Waals surface area contributed by atoms with Gasteiger partial charge in [-0.25, -0.2) is 0 Å². The fourth-order valence-electron chi connectivity index (χ4n) is 2.74. The summed E-state index contributed by atoms with van der Waals surface area (Å²) in [6.07, 6.45) is 3.84. The van der Waals surface area contributed by atoms with E-state index in [0.717, 1.165) is 42.5 Å². The summed E-state index contributed by atoms with van der Waals surface area (Å²) >= 11 is 1.61. The molecule has 28 heavy (non-hydrogen) atoms. The quantitative estimate of drug-likeness (QED) is 0.146. The van der Waals surface area contributed by atoms with Gasteiger partial charge >= 0.3 is 5.97 Å². The predicted molar refractivity (Wildman–Crippen MR) is 127 cm³/mol. The fourth-order valence-corrected chi connectivity index (χ4v) is 3.79. The molecule has 1 aromatic carbocycles. The zero-order chi connectivity index (χ0) is 19.5. The van der Waals surface area contributed by atoms with E-state index in [2.05, 4.69) is 32.5 Å². The predicted octanol–water partition coefficient (Wildman–Crippen LogP) is 3.84. The molecule has 1 heterocycles. The maximum absolute atomic E-state index is 11.0. The van der Waals surface area contributed by atoms with E-state index in [4.69, 9.17) is 0 Å². The van der Waals surface area contributed by atoms with Gasteiger partial charge in [0.05, 0.1) is 7.11 Å². The molecule has 1 atom stereocenters. The minimum absolute atomic E-state index is 0. The Labute approximate surface area is 187 Å². The van der Waals surface area contributed by atoms with Gasteiger partial charge in [-0.3, -0.25) is 9.79 Å². The molecular formula is C20H30IN3O3S. The molecule has 1 unspecified atom stereocenters. The molecule has 0 radical (unpaired) electrons. The third-order valence-corrected chi connectivity index (χ3v) is 5.50. The highest BCUT2D eigenvalue weighted by molar-refractivity contribution is 14.0. The third kappa shape index (κ3) is 8.32. The van der Waals surface area contributed by atoms with Gasteiger partial charge in [0.15, 0.2) is 5.96 Å². The lowest BCUT2D eigenvalue weighted by Gasteiger charge is -2.14. The third-order valence-electron chi connectivity index (χ3n) is 4.29. The van der Waals surface area contributed by atoms with Crippen LogP contribution in [0.15, 0.2) is 35.3 Å². The van der Waals surface area contributed by atoms with E-state index >= 15 is 0 Å². The molecular weight excluding hydrogens is 489 g/mol. The summed E-state index contributed by atoms with van der Waals surface area (Å²) in [6.45, 7) is 1.21. The van der Waals surface area contributed by atoms with Gasteiger partial charge in [-0.05, 0) is 30.4 Å². The van der Waals surface area contributed by atoms with Crippen LogP contribution in [0.1, 0.15) is 43.1 Å². The molecule has 0 aliphatic rings. The monoisotopic (exact) mass is 519 g/mol. The molecule has 0 saturated carbocycles. The Kier molecular flexibility index (Phi) is 12.1. The van der Waals surface area contributed by atoms with E-state index in [9.17, 15) is 9.90 Å². The molecule has 0 amide bonds. The Bertz CT molecular complexity index is 718. The second-order valence-corrected chi connectivity index (χ2v) is 7.44. The minimum Gasteiger partial charge on any atom is -0.469 e. The van der Waals surface area contributed by atoms with Crippen LogP contribution in [0.5, 0.6) is 0 Å². The summed E-state index contributed by atoms with van der Waals surface area (Å²) in [4.78, 5) is 16.2. The lowest BCUT2D eigenvalue weighted by atomic mass is 10.1. The maximum atomic E-state index is 11.0. The minimum atomic E-state index is -0.570. The van der Waals surface area contributed by atoms with Crippen molar-refractivity contribution in [3.63, 3.8) is 0 Å². The summed E-state index contributed by atoms with van der Waals surface area (Å²) in [6, 6.07) is 10.2. The molecule has 0 aliphatic heterocycles. The topological polar surface area (TPSA) is 83.0 Å². The van der Waals surface area contributed by atoms with Crippen LogP contribution >= 0.6 is 35.3 Å². The summed E-state index contributed by atoms with van der Waals surface area (Å²) in [7, 11) is 3.14. The largest absolute Gasteiger partial charge is 0.469 e. The lowest BCUT2D eigenvalue weighted by Crippen LogP contribution is -2.39. The summed E-state index contributed by atoms with van der Waals surface area (Å²) in [5.41, 5.74) is 0. The van der Waals surface area contributed by atoms with Gasteiger partial charge in [0.1, 0.15) is 6.10 Å². The highest BCUT2D eigenvalue weighted by atomic mass is 127. The first-order chi connectivity index (χ1) is 13.1. The number of hydrogen-bond donors (Lipinski definition) is 3. The number of guanidine groups is 1. The number of esters is 1. The van der Waals surface area contributed by atoms with E-state index < -0.39 is 6.10 Å². The molecule has 6 nitrogen and oxygen atoms in total. The van der Waals surface area contributed by atoms with Gasteiger partial charge in [-0.15, -0.1) is 35.3 Å². The van der Waals surface area contributed by atoms with Crippen molar-refractivity contribution in [1.29, 1.82) is 0 Å². The average Bonchev–Trinajstić information content (AvgIpc) is 3.13. The number of nitrogens with one attached hydrogen (secondary N) is 2. The van der Waals surface area contributed by atoms with Crippen LogP contribution in [0.4, 0.5) is 0 Å². The maximum Gasteiger partial charge on any atom is 0.305 e. The van der Waals surface area contributed by atoms with Crippen molar-refractivity contribution in [3.8, 4) is 0 Å². The zero-order valence-corrected chi connectivity index (χ0v) is 19.6. The van der Waals surface area contributed by atoms with Crippen LogP contribution in [-0.4, -0.2) is 44.3 Å². The smallest absolute Gasteiger partial charge is 0.305 e. The van der Waals surface area contributed by atoms with Gasteiger partial charge < -0.3 is 20.5 Å². The first-order valence-electron chi connectivity index (χ1n) is 9.32. The van der Waals surface area contributed by atoms with Gasteiger partial charge in [0, 0.05) is 36.1 Å². The second kappa shape index (κ2) is 13.7. The molecule has 0 saturated heterocycles. The molecule has 0 bridgehead atoms. The first kappa shape index (κ1) is 24.6. The SMILES string of the molecule is CN=C(NCCCCCCC(=O)OC)NCC(O)c1cc2ccccc2s1.I. The Morgan fingerprint density at radius 1 is 1.21 bits per heavy atom. The number of hydrogen-bond acceptors (Lipinski definition) is 5. The molecule has 0 aliphatic carbocycles. The summed E-state index contributed by atoms with van der Waals surface area (Å²) in [5.74, 6) is 0.541. The number of aliphatic hydroxyl groups is 1. The van der Waals surface area contributed by atoms with Gasteiger partial charge in [-0.1, -0.05) is 31.0 Å². The number of aliphatic hydroxyl groups excluding tert-OH is 1. The van der Waals surface area contributed by atoms with Gasteiger partial charge in [-0.2, -0.15) is 0 Å². The number of carbonyl (C=O) groups is 1. The number of carbonyl (C=O) groups excluding carboxylic acids is 1. The molecule has 156 valence electrons. The molecule has 0 fully saturated rings. The van der Waals surface area contributed by atoms with Crippen molar-refractivity contribution in [3.05, 3.63) is 35.2 Å². The van der Waals surface area contributed by atoms with Crippen molar-refractivity contribution in [2.45, 2.75) is 38.2 Å². The van der Waals surface area contributed by atoms with E-state index in [1.807, 2.05) is 18.2 Å². The van der Waals surface area contributed by atoms with Crippen molar-refractivity contribution in [1.82, 2.24) is 10.6 Å². The molecule has 2 aromatic rings. The van der Waals surface area contributed by atoms with E-state index in [1.165, 1.54) is 11.8 Å². The van der Waals surface area contributed by atoms with Gasteiger partial charge in [0.25, 0.3) is 0 Å².